The first-order chi connectivity index (χ1) is 9.50. The molecular weight excluding hydrogens is 1300 g/mol. The molecule has 0 spiro atoms. The van der Waals surface area contributed by atoms with Gasteiger partial charge in [-0.2, -0.15) is 0 Å². The van der Waals surface area contributed by atoms with E-state index in [9.17, 15) is 5.11 Å². The Kier molecular flexibility index (Phi) is 12.5. The van der Waals surface area contributed by atoms with Gasteiger partial charge in [-0.05, 0) is 31.9 Å². The average molecular weight is 1300 g/mol. The summed E-state index contributed by atoms with van der Waals surface area (Å²) in [5.74, 6) is 0. The third kappa shape index (κ3) is 5.75. The van der Waals surface area contributed by atoms with Gasteiger partial charge in [0.1, 0.15) is 12.9 Å². The van der Waals surface area contributed by atoms with Crippen molar-refractivity contribution in [2.45, 2.75) is 21.7 Å². The van der Waals surface area contributed by atoms with Crippen molar-refractivity contribution < 1.29 is 5.11 Å². The molecule has 1 N–H and O–H groups in total. The van der Waals surface area contributed by atoms with E-state index in [2.05, 4.69) is 239 Å². The van der Waals surface area contributed by atoms with Gasteiger partial charge in [-0.3, -0.25) is 0 Å². The summed E-state index contributed by atoms with van der Waals surface area (Å²) in [6, 6.07) is 0. The van der Waals surface area contributed by atoms with E-state index in [-0.39, 0.29) is 0 Å². The summed E-state index contributed by atoms with van der Waals surface area (Å²) < 4.78 is -7.47. The van der Waals surface area contributed by atoms with Crippen molar-refractivity contribution in [2.75, 3.05) is 0 Å². The topological polar surface area (TPSA) is 20.2 Å². The van der Waals surface area contributed by atoms with Crippen LogP contribution in [-0.4, -0.2) is 26.8 Å². The van der Waals surface area contributed by atoms with Crippen LogP contribution in [0.4, 0.5) is 0 Å². The van der Waals surface area contributed by atoms with E-state index >= 15 is 0 Å². The van der Waals surface area contributed by atoms with Gasteiger partial charge in [-0.15, -0.1) is 0 Å². The summed E-state index contributed by atoms with van der Waals surface area (Å²) >= 11 is 53.0. The maximum absolute atomic E-state index is 10.4. The van der Waals surface area contributed by atoms with Gasteiger partial charge in [-0.25, -0.2) is 0 Å². The minimum atomic E-state index is -1.54. The standard InChI is InChI=1S/C7HBr15O/c8-1(9,2(10,11)4(14,15)6(18,19)20)3(12,13)5(16,17)7(21,22)23/h23H. The van der Waals surface area contributed by atoms with Crippen LogP contribution in [-0.2, 0) is 0 Å². The number of halogens is 15. The molecule has 0 aromatic rings. The first-order valence-electron chi connectivity index (χ1n) is 4.56. The molecule has 23 heavy (non-hydrogen) atoms. The lowest BCUT2D eigenvalue weighted by atomic mass is 10.1. The maximum atomic E-state index is 10.4. The SMILES string of the molecule is OC(Br)(Br)C(Br)(Br)C(Br)(Br)C(Br)(Br)C(Br)(Br)C(Br)(Br)C(Br)(Br)Br. The fraction of sp³-hybridized carbons (Fsp3) is 1.00. The summed E-state index contributed by atoms with van der Waals surface area (Å²) in [6.45, 7) is 0. The number of hydrogen-bond acceptors (Lipinski definition) is 1. The molecule has 0 fully saturated rings. The van der Waals surface area contributed by atoms with Crippen LogP contribution in [0.15, 0.2) is 0 Å². The molecule has 0 saturated carbocycles. The predicted octanol–water partition coefficient (Wildman–Crippen LogP) is 10.7. The smallest absolute Gasteiger partial charge is 0.202 e. The van der Waals surface area contributed by atoms with E-state index in [1.54, 1.807) is 0 Å². The van der Waals surface area contributed by atoms with Crippen molar-refractivity contribution in [3.63, 3.8) is 0 Å². The van der Waals surface area contributed by atoms with Crippen LogP contribution in [0.5, 0.6) is 0 Å². The first kappa shape index (κ1) is 30.2. The highest BCUT2D eigenvalue weighted by Crippen LogP contribution is 2.76. The molecule has 0 heterocycles. The monoisotopic (exact) mass is 1280 g/mol. The third-order valence-corrected chi connectivity index (χ3v) is 31.0. The molecule has 0 amide bonds. The van der Waals surface area contributed by atoms with E-state index in [0.717, 1.165) is 0 Å². The zero-order valence-corrected chi connectivity index (χ0v) is 33.4. The van der Waals surface area contributed by atoms with E-state index < -0.39 is 21.7 Å². The summed E-state index contributed by atoms with van der Waals surface area (Å²) in [7, 11) is 0. The highest BCUT2D eigenvalue weighted by atomic mass is 80.0. The number of alkyl halides is 15. The Morgan fingerprint density at radius 2 is 0.565 bits per heavy atom. The Morgan fingerprint density at radius 3 is 0.783 bits per heavy atom. The number of hydrogen-bond donors (Lipinski definition) is 1. The second kappa shape index (κ2) is 9.57. The van der Waals surface area contributed by atoms with E-state index in [1.165, 1.54) is 0 Å². The van der Waals surface area contributed by atoms with Gasteiger partial charge >= 0.3 is 0 Å². The molecule has 0 aromatic heterocycles. The lowest BCUT2D eigenvalue weighted by Gasteiger charge is -2.55. The summed E-state index contributed by atoms with van der Waals surface area (Å²) in [5.41, 5.74) is 0. The van der Waals surface area contributed by atoms with E-state index in [0.29, 0.717) is 0 Å². The first-order valence-corrected chi connectivity index (χ1v) is 16.5. The Hall–Kier alpha value is 7.16. The lowest BCUT2D eigenvalue weighted by molar-refractivity contribution is 0.228. The maximum Gasteiger partial charge on any atom is 0.202 e. The van der Waals surface area contributed by atoms with Crippen molar-refractivity contribution in [3.05, 3.63) is 0 Å². The van der Waals surface area contributed by atoms with Crippen LogP contribution in [0.1, 0.15) is 0 Å². The Bertz CT molecular complexity index is 400. The molecule has 0 rings (SSSR count). The van der Waals surface area contributed by atoms with Crippen molar-refractivity contribution in [1.29, 1.82) is 0 Å². The van der Waals surface area contributed by atoms with Crippen molar-refractivity contribution in [1.82, 2.24) is 0 Å². The number of rotatable bonds is 5. The molecule has 16 heteroatoms. The Balaban J connectivity index is 6.37. The second-order valence-corrected chi connectivity index (χ2v) is 31.2. The zero-order chi connectivity index (χ0) is 19.5. The fourth-order valence-corrected chi connectivity index (χ4v) is 13.0. The van der Waals surface area contributed by atoms with Gasteiger partial charge in [0.05, 0.1) is 0 Å². The van der Waals surface area contributed by atoms with Crippen LogP contribution in [0.2, 0.25) is 0 Å². The summed E-state index contributed by atoms with van der Waals surface area (Å²) in [6.07, 6.45) is 0. The van der Waals surface area contributed by atoms with Crippen LogP contribution in [0.3, 0.4) is 0 Å². The van der Waals surface area contributed by atoms with Gasteiger partial charge in [0.2, 0.25) is 3.42 Å². The predicted molar refractivity (Wildman–Crippen MR) is 155 cm³/mol. The molecule has 1 nitrogen and oxygen atoms in total. The highest BCUT2D eigenvalue weighted by molar-refractivity contribution is 9.42. The molecular formula is C7HBr15O. The van der Waals surface area contributed by atoms with Crippen LogP contribution >= 0.6 is 239 Å². The Labute approximate surface area is 260 Å². The van der Waals surface area contributed by atoms with Crippen LogP contribution in [0, 0.1) is 0 Å². The number of aliphatic hydroxyl groups is 1. The van der Waals surface area contributed by atoms with Gasteiger partial charge in [-0.1, -0.05) is 207 Å². The third-order valence-electron chi connectivity index (χ3n) is 2.31. The van der Waals surface area contributed by atoms with Gasteiger partial charge < -0.3 is 5.11 Å². The normalized spacial score (nSPS) is 16.7. The van der Waals surface area contributed by atoms with E-state index in [1.807, 2.05) is 0 Å². The minimum Gasteiger partial charge on any atom is -0.368 e. The molecule has 0 unspecified atom stereocenters. The molecule has 0 aliphatic carbocycles. The molecule has 0 atom stereocenters. The van der Waals surface area contributed by atoms with Gasteiger partial charge in [0.15, 0.2) is 5.38 Å². The van der Waals surface area contributed by atoms with Crippen molar-refractivity contribution in [2.24, 2.45) is 0 Å². The van der Waals surface area contributed by atoms with E-state index in [4.69, 9.17) is 0 Å². The molecule has 0 saturated heterocycles. The molecule has 0 aromatic carbocycles. The van der Waals surface area contributed by atoms with Gasteiger partial charge in [0, 0.05) is 0 Å². The molecule has 0 aliphatic heterocycles. The average Bonchev–Trinajstić information content (AvgIpc) is 2.24. The van der Waals surface area contributed by atoms with Crippen molar-refractivity contribution >= 4 is 239 Å². The van der Waals surface area contributed by atoms with Crippen molar-refractivity contribution in [3.8, 4) is 0 Å². The van der Waals surface area contributed by atoms with Gasteiger partial charge in [0.25, 0.3) is 0 Å². The minimum absolute atomic E-state index is 0.781. The second-order valence-electron chi connectivity index (χ2n) is 3.91. The molecule has 140 valence electrons. The quantitative estimate of drug-likeness (QED) is 0.272. The highest BCUT2D eigenvalue weighted by Gasteiger charge is 2.75. The van der Waals surface area contributed by atoms with Crippen LogP contribution in [0.25, 0.3) is 0 Å². The molecule has 0 radical (unpaired) electrons. The summed E-state index contributed by atoms with van der Waals surface area (Å²) in [5, 5.41) is 10.4. The fourth-order valence-electron chi connectivity index (χ4n) is 0.958. The lowest BCUT2D eigenvalue weighted by Crippen LogP contribution is -2.66. The van der Waals surface area contributed by atoms with Crippen LogP contribution < -0.4 is 0 Å². The molecule has 0 aliphatic rings. The zero-order valence-electron chi connectivity index (χ0n) is 9.62. The molecule has 0 bridgehead atoms. The Morgan fingerprint density at radius 1 is 0.348 bits per heavy atom. The summed E-state index contributed by atoms with van der Waals surface area (Å²) in [4.78, 5) is 0. The largest absolute Gasteiger partial charge is 0.368 e.